The minimum atomic E-state index is -0.182. The molecule has 0 bridgehead atoms. The van der Waals surface area contributed by atoms with Gasteiger partial charge < -0.3 is 25.1 Å². The molecule has 0 radical (unpaired) electrons. The summed E-state index contributed by atoms with van der Waals surface area (Å²) in [4.78, 5) is 16.3. The van der Waals surface area contributed by atoms with E-state index >= 15 is 0 Å². The van der Waals surface area contributed by atoms with Crippen molar-refractivity contribution in [2.24, 2.45) is 10.9 Å². The summed E-state index contributed by atoms with van der Waals surface area (Å²) in [5.41, 5.74) is 3.15. The van der Waals surface area contributed by atoms with Crippen LogP contribution in [0, 0.1) is 19.8 Å². The van der Waals surface area contributed by atoms with E-state index in [0.29, 0.717) is 25.4 Å². The third kappa shape index (κ3) is 6.54. The molecule has 1 aliphatic carbocycles. The average Bonchev–Trinajstić information content (AvgIpc) is 3.47. The first-order valence-corrected chi connectivity index (χ1v) is 10.6. The van der Waals surface area contributed by atoms with E-state index in [4.69, 9.17) is 9.15 Å². The Hall–Kier alpha value is -2.96. The molecule has 3 rings (SSSR count). The van der Waals surface area contributed by atoms with E-state index in [1.54, 1.807) is 13.1 Å². The highest BCUT2D eigenvalue weighted by Crippen LogP contribution is 2.30. The van der Waals surface area contributed by atoms with Gasteiger partial charge in [0.2, 0.25) is 0 Å². The Morgan fingerprint density at radius 1 is 1.17 bits per heavy atom. The molecule has 2 aromatic rings. The number of guanidine groups is 1. The van der Waals surface area contributed by atoms with Gasteiger partial charge >= 0.3 is 0 Å². The van der Waals surface area contributed by atoms with E-state index in [2.05, 4.69) is 46.1 Å². The summed E-state index contributed by atoms with van der Waals surface area (Å²) in [6.07, 6.45) is 4.85. The third-order valence-corrected chi connectivity index (χ3v) is 5.06. The molecule has 0 aliphatic heterocycles. The van der Waals surface area contributed by atoms with Crippen LogP contribution >= 0.6 is 0 Å². The molecule has 0 saturated heterocycles. The van der Waals surface area contributed by atoms with Crippen molar-refractivity contribution in [3.8, 4) is 5.75 Å². The second kappa shape index (κ2) is 10.7. The van der Waals surface area contributed by atoms with Gasteiger partial charge in [-0.2, -0.15) is 0 Å². The molecule has 30 heavy (non-hydrogen) atoms. The number of amides is 1. The van der Waals surface area contributed by atoms with Crippen molar-refractivity contribution < 1.29 is 13.9 Å². The summed E-state index contributed by atoms with van der Waals surface area (Å²) in [7, 11) is 1.75. The van der Waals surface area contributed by atoms with Crippen LogP contribution in [0.4, 0.5) is 0 Å². The Balaban J connectivity index is 1.38. The number of hydrogen-bond donors (Lipinski definition) is 3. The van der Waals surface area contributed by atoms with Crippen LogP contribution in [0.15, 0.2) is 39.9 Å². The third-order valence-electron chi connectivity index (χ3n) is 5.06. The second-order valence-electron chi connectivity index (χ2n) is 7.76. The monoisotopic (exact) mass is 412 g/mol. The second-order valence-corrected chi connectivity index (χ2v) is 7.76. The first-order valence-electron chi connectivity index (χ1n) is 10.6. The van der Waals surface area contributed by atoms with Gasteiger partial charge in [0.05, 0.1) is 12.9 Å². The van der Waals surface area contributed by atoms with Gasteiger partial charge in [-0.3, -0.25) is 9.79 Å². The topological polar surface area (TPSA) is 87.9 Å². The summed E-state index contributed by atoms with van der Waals surface area (Å²) in [5, 5.41) is 9.48. The number of rotatable bonds is 10. The number of aryl methyl sites for hydroxylation is 2. The van der Waals surface area contributed by atoms with Crippen molar-refractivity contribution >= 4 is 11.9 Å². The van der Waals surface area contributed by atoms with E-state index in [1.807, 2.05) is 6.92 Å². The molecular weight excluding hydrogens is 380 g/mol. The van der Waals surface area contributed by atoms with Gasteiger partial charge in [0.25, 0.3) is 5.91 Å². The lowest BCUT2D eigenvalue weighted by Crippen LogP contribution is -2.38. The Kier molecular flexibility index (Phi) is 7.76. The first-order chi connectivity index (χ1) is 14.6. The predicted octanol–water partition coefficient (Wildman–Crippen LogP) is 3.17. The van der Waals surface area contributed by atoms with E-state index < -0.39 is 0 Å². The molecule has 1 aromatic heterocycles. The van der Waals surface area contributed by atoms with Gasteiger partial charge in [-0.1, -0.05) is 12.1 Å². The average molecular weight is 413 g/mol. The number of nitrogens with one attached hydrogen (secondary N) is 3. The van der Waals surface area contributed by atoms with Gasteiger partial charge in [-0.25, -0.2) is 0 Å². The number of furan rings is 1. The van der Waals surface area contributed by atoms with Crippen LogP contribution in [0.25, 0.3) is 0 Å². The van der Waals surface area contributed by atoms with E-state index in [9.17, 15) is 4.79 Å². The number of hydrogen-bond acceptors (Lipinski definition) is 4. The Labute approximate surface area is 178 Å². The van der Waals surface area contributed by atoms with Crippen LogP contribution in [0.2, 0.25) is 0 Å². The molecule has 1 aliphatic rings. The Morgan fingerprint density at radius 2 is 1.97 bits per heavy atom. The zero-order chi connectivity index (χ0) is 21.3. The van der Waals surface area contributed by atoms with Crippen molar-refractivity contribution in [2.75, 3.05) is 26.7 Å². The van der Waals surface area contributed by atoms with Crippen molar-refractivity contribution in [3.63, 3.8) is 0 Å². The van der Waals surface area contributed by atoms with Gasteiger partial charge in [0.15, 0.2) is 11.7 Å². The molecule has 3 N–H and O–H groups in total. The van der Waals surface area contributed by atoms with E-state index in [1.165, 1.54) is 24.7 Å². The lowest BCUT2D eigenvalue weighted by atomic mass is 10.1. The van der Waals surface area contributed by atoms with Crippen LogP contribution in [-0.4, -0.2) is 38.6 Å². The minimum absolute atomic E-state index is 0.182. The molecule has 1 amide bonds. The fourth-order valence-corrected chi connectivity index (χ4v) is 3.02. The van der Waals surface area contributed by atoms with Gasteiger partial charge in [-0.05, 0) is 56.7 Å². The lowest BCUT2D eigenvalue weighted by molar-refractivity contribution is 0.0925. The molecule has 0 atom stereocenters. The Bertz CT molecular complexity index is 871. The van der Waals surface area contributed by atoms with Gasteiger partial charge in [0, 0.05) is 37.8 Å². The molecule has 1 aromatic carbocycles. The van der Waals surface area contributed by atoms with Crippen molar-refractivity contribution in [2.45, 2.75) is 39.7 Å². The van der Waals surface area contributed by atoms with Crippen LogP contribution in [0.5, 0.6) is 5.75 Å². The zero-order valence-electron chi connectivity index (χ0n) is 18.1. The Morgan fingerprint density at radius 3 is 2.67 bits per heavy atom. The highest BCUT2D eigenvalue weighted by atomic mass is 16.5. The summed E-state index contributed by atoms with van der Waals surface area (Å²) in [6.45, 7) is 6.61. The maximum Gasteiger partial charge on any atom is 0.287 e. The van der Waals surface area contributed by atoms with Crippen LogP contribution in [0.3, 0.4) is 0 Å². The zero-order valence-corrected chi connectivity index (χ0v) is 18.1. The maximum absolute atomic E-state index is 12.0. The van der Waals surface area contributed by atoms with Crippen molar-refractivity contribution in [3.05, 3.63) is 53.0 Å². The maximum atomic E-state index is 12.0. The quantitative estimate of drug-likeness (QED) is 0.317. The highest BCUT2D eigenvalue weighted by Gasteiger charge is 2.22. The molecule has 1 saturated carbocycles. The van der Waals surface area contributed by atoms with Crippen LogP contribution < -0.4 is 20.7 Å². The molecule has 162 valence electrons. The van der Waals surface area contributed by atoms with E-state index in [0.717, 1.165) is 41.8 Å². The summed E-state index contributed by atoms with van der Waals surface area (Å²) in [5.74, 6) is 2.58. The molecule has 1 heterocycles. The molecular formula is C23H32N4O3. The number of carbonyl (C=O) groups excluding carboxylic acids is 1. The van der Waals surface area contributed by atoms with Gasteiger partial charge in [0.1, 0.15) is 5.75 Å². The number of benzene rings is 1. The first kappa shape index (κ1) is 21.7. The molecule has 1 fully saturated rings. The van der Waals surface area contributed by atoms with Crippen LogP contribution in [-0.2, 0) is 6.54 Å². The number of ether oxygens (including phenoxy) is 1. The minimum Gasteiger partial charge on any atom is -0.493 e. The lowest BCUT2D eigenvalue weighted by Gasteiger charge is -2.15. The van der Waals surface area contributed by atoms with Crippen molar-refractivity contribution in [1.82, 2.24) is 16.0 Å². The van der Waals surface area contributed by atoms with Gasteiger partial charge in [-0.15, -0.1) is 0 Å². The fourth-order valence-electron chi connectivity index (χ4n) is 3.02. The van der Waals surface area contributed by atoms with E-state index in [-0.39, 0.29) is 5.91 Å². The SMILES string of the molecule is CN=C(NCCCNC(=O)c1occc1C)NCc1ccc(C)cc1OCC1CC1. The molecule has 0 spiro atoms. The fraction of sp³-hybridized carbons (Fsp3) is 0.478. The summed E-state index contributed by atoms with van der Waals surface area (Å²) in [6, 6.07) is 8.08. The molecule has 0 unspecified atom stereocenters. The predicted molar refractivity (Wildman–Crippen MR) is 118 cm³/mol. The van der Waals surface area contributed by atoms with Crippen molar-refractivity contribution in [1.29, 1.82) is 0 Å². The standard InChI is InChI=1S/C23H32N4O3/c1-16-5-8-19(20(13-16)30-15-18-6-7-18)14-27-23(24-3)26-11-4-10-25-22(28)21-17(2)9-12-29-21/h5,8-9,12-13,18H,4,6-7,10-11,14-15H2,1-3H3,(H,25,28)(H2,24,26,27). The normalized spacial score (nSPS) is 13.8. The summed E-state index contributed by atoms with van der Waals surface area (Å²) < 4.78 is 11.2. The largest absolute Gasteiger partial charge is 0.493 e. The highest BCUT2D eigenvalue weighted by molar-refractivity contribution is 5.92. The number of aliphatic imine (C=N–C) groups is 1. The smallest absolute Gasteiger partial charge is 0.287 e. The number of nitrogens with zero attached hydrogens (tertiary/aromatic N) is 1. The molecule has 7 heteroatoms. The van der Waals surface area contributed by atoms with Crippen LogP contribution in [0.1, 0.15) is 46.5 Å². The molecule has 7 nitrogen and oxygen atoms in total. The summed E-state index contributed by atoms with van der Waals surface area (Å²) >= 11 is 0. The number of carbonyl (C=O) groups is 1.